The Kier molecular flexibility index (Phi) is 2.37. The van der Waals surface area contributed by atoms with Crippen LogP contribution in [0.25, 0.3) is 0 Å². The number of hydrogen-bond donors (Lipinski definition) is 1. The van der Waals surface area contributed by atoms with Crippen LogP contribution >= 0.6 is 0 Å². The zero-order chi connectivity index (χ0) is 9.97. The largest absolute Gasteiger partial charge is 0.486 e. The number of aliphatic hydroxyl groups excluding tert-OH is 1. The molecule has 0 saturated heterocycles. The van der Waals surface area contributed by atoms with E-state index in [9.17, 15) is 4.79 Å². The Balaban J connectivity index is 2.37. The summed E-state index contributed by atoms with van der Waals surface area (Å²) in [5.41, 5.74) is 0.445. The molecule has 1 atom stereocenters. The van der Waals surface area contributed by atoms with Crippen molar-refractivity contribution in [1.29, 1.82) is 0 Å². The smallest absolute Gasteiger partial charge is 0.172 e. The normalized spacial score (nSPS) is 19.1. The topological polar surface area (TPSA) is 55.8 Å². The van der Waals surface area contributed by atoms with E-state index in [1.165, 1.54) is 0 Å². The summed E-state index contributed by atoms with van der Waals surface area (Å²) in [4.78, 5) is 10.7. The summed E-state index contributed by atoms with van der Waals surface area (Å²) in [5.74, 6) is 0.979. The van der Waals surface area contributed by atoms with Crippen LogP contribution in [0, 0.1) is 0 Å². The molecule has 1 N–H and O–H groups in total. The molecule has 1 aliphatic rings. The first kappa shape index (κ1) is 9.02. The van der Waals surface area contributed by atoms with Gasteiger partial charge in [0.15, 0.2) is 23.9 Å². The standard InChI is InChI=1S/C10H10O4/c11-4-7-2-1-3-9-10(7)14-8(5-12)6-13-9/h1-4,8,12H,5-6H2/t8-/m0/s1. The van der Waals surface area contributed by atoms with Crippen LogP contribution in [-0.2, 0) is 0 Å². The highest BCUT2D eigenvalue weighted by Crippen LogP contribution is 2.34. The maximum atomic E-state index is 10.7. The van der Waals surface area contributed by atoms with Crippen molar-refractivity contribution in [3.05, 3.63) is 23.8 Å². The van der Waals surface area contributed by atoms with E-state index in [2.05, 4.69) is 0 Å². The maximum absolute atomic E-state index is 10.7. The molecule has 0 saturated carbocycles. The van der Waals surface area contributed by atoms with E-state index in [4.69, 9.17) is 14.6 Å². The molecule has 14 heavy (non-hydrogen) atoms. The predicted molar refractivity (Wildman–Crippen MR) is 48.8 cm³/mol. The second kappa shape index (κ2) is 3.67. The van der Waals surface area contributed by atoms with Crippen LogP contribution in [0.2, 0.25) is 0 Å². The number of ether oxygens (including phenoxy) is 2. The van der Waals surface area contributed by atoms with Gasteiger partial charge in [0, 0.05) is 0 Å². The molecule has 4 nitrogen and oxygen atoms in total. The van der Waals surface area contributed by atoms with Gasteiger partial charge < -0.3 is 14.6 Å². The minimum absolute atomic E-state index is 0.118. The minimum atomic E-state index is -0.386. The number of para-hydroxylation sites is 1. The molecule has 0 amide bonds. The Bertz CT molecular complexity index is 348. The van der Waals surface area contributed by atoms with Gasteiger partial charge in [-0.1, -0.05) is 6.07 Å². The quantitative estimate of drug-likeness (QED) is 0.701. The Labute approximate surface area is 81.1 Å². The Hall–Kier alpha value is -1.55. The predicted octanol–water partition coefficient (Wildman–Crippen LogP) is 0.631. The average Bonchev–Trinajstić information content (AvgIpc) is 2.27. The molecule has 74 valence electrons. The molecule has 0 aliphatic carbocycles. The van der Waals surface area contributed by atoms with Crippen LogP contribution in [0.5, 0.6) is 11.5 Å². The molecule has 0 aromatic heterocycles. The van der Waals surface area contributed by atoms with E-state index in [1.54, 1.807) is 18.2 Å². The third kappa shape index (κ3) is 1.44. The highest BCUT2D eigenvalue weighted by atomic mass is 16.6. The summed E-state index contributed by atoms with van der Waals surface area (Å²) >= 11 is 0. The number of aliphatic hydroxyl groups is 1. The lowest BCUT2D eigenvalue weighted by Gasteiger charge is -2.25. The van der Waals surface area contributed by atoms with Gasteiger partial charge in [-0.2, -0.15) is 0 Å². The van der Waals surface area contributed by atoms with Crippen LogP contribution in [0.1, 0.15) is 10.4 Å². The number of carbonyl (C=O) groups excluding carboxylic acids is 1. The third-order valence-electron chi connectivity index (χ3n) is 2.05. The highest BCUT2D eigenvalue weighted by Gasteiger charge is 2.22. The zero-order valence-corrected chi connectivity index (χ0v) is 7.47. The molecule has 1 aromatic rings. The van der Waals surface area contributed by atoms with Crippen molar-refractivity contribution in [2.45, 2.75) is 6.10 Å². The fourth-order valence-electron chi connectivity index (χ4n) is 1.34. The summed E-state index contributed by atoms with van der Waals surface area (Å²) in [6.07, 6.45) is 0.325. The maximum Gasteiger partial charge on any atom is 0.172 e. The van der Waals surface area contributed by atoms with Gasteiger partial charge in [-0.3, -0.25) is 4.79 Å². The fraction of sp³-hybridized carbons (Fsp3) is 0.300. The molecule has 1 aromatic carbocycles. The van der Waals surface area contributed by atoms with E-state index in [0.717, 1.165) is 0 Å². The van der Waals surface area contributed by atoms with Gasteiger partial charge in [0.25, 0.3) is 0 Å². The molecular weight excluding hydrogens is 184 g/mol. The average molecular weight is 194 g/mol. The zero-order valence-electron chi connectivity index (χ0n) is 7.47. The lowest BCUT2D eigenvalue weighted by atomic mass is 10.2. The van der Waals surface area contributed by atoms with E-state index in [0.29, 0.717) is 30.0 Å². The second-order valence-electron chi connectivity index (χ2n) is 3.03. The Morgan fingerprint density at radius 1 is 1.57 bits per heavy atom. The summed E-state index contributed by atoms with van der Waals surface area (Å²) in [5, 5.41) is 8.89. The number of benzene rings is 1. The van der Waals surface area contributed by atoms with Gasteiger partial charge >= 0.3 is 0 Å². The van der Waals surface area contributed by atoms with E-state index < -0.39 is 0 Å². The first-order valence-electron chi connectivity index (χ1n) is 4.33. The van der Waals surface area contributed by atoms with Gasteiger partial charge in [0.1, 0.15) is 6.61 Å². The second-order valence-corrected chi connectivity index (χ2v) is 3.03. The van der Waals surface area contributed by atoms with E-state index in [-0.39, 0.29) is 12.7 Å². The molecule has 4 heteroatoms. The summed E-state index contributed by atoms with van der Waals surface area (Å²) in [6, 6.07) is 5.11. The highest BCUT2D eigenvalue weighted by molar-refractivity contribution is 5.81. The van der Waals surface area contributed by atoms with Gasteiger partial charge in [0.2, 0.25) is 0 Å². The number of fused-ring (bicyclic) bond motifs is 1. The summed E-state index contributed by atoms with van der Waals surface area (Å²) in [6.45, 7) is 0.193. The van der Waals surface area contributed by atoms with Crippen LogP contribution in [-0.4, -0.2) is 30.7 Å². The van der Waals surface area contributed by atoms with Gasteiger partial charge in [-0.15, -0.1) is 0 Å². The van der Waals surface area contributed by atoms with Crippen LogP contribution in [0.4, 0.5) is 0 Å². The van der Waals surface area contributed by atoms with Crippen molar-refractivity contribution in [3.8, 4) is 11.5 Å². The molecule has 0 spiro atoms. The number of rotatable bonds is 2. The van der Waals surface area contributed by atoms with Crippen molar-refractivity contribution in [1.82, 2.24) is 0 Å². The molecule has 2 rings (SSSR count). The third-order valence-corrected chi connectivity index (χ3v) is 2.05. The summed E-state index contributed by atoms with van der Waals surface area (Å²) < 4.78 is 10.7. The van der Waals surface area contributed by atoms with E-state index >= 15 is 0 Å². The van der Waals surface area contributed by atoms with Crippen LogP contribution in [0.3, 0.4) is 0 Å². The molecule has 0 bridgehead atoms. The monoisotopic (exact) mass is 194 g/mol. The number of aldehydes is 1. The van der Waals surface area contributed by atoms with E-state index in [1.807, 2.05) is 0 Å². The van der Waals surface area contributed by atoms with Crippen molar-refractivity contribution < 1.29 is 19.4 Å². The van der Waals surface area contributed by atoms with Crippen molar-refractivity contribution in [2.24, 2.45) is 0 Å². The van der Waals surface area contributed by atoms with Crippen LogP contribution < -0.4 is 9.47 Å². The van der Waals surface area contributed by atoms with Gasteiger partial charge in [-0.25, -0.2) is 0 Å². The van der Waals surface area contributed by atoms with Gasteiger partial charge in [0.05, 0.1) is 12.2 Å². The number of carbonyl (C=O) groups is 1. The van der Waals surface area contributed by atoms with Crippen molar-refractivity contribution in [2.75, 3.05) is 13.2 Å². The first-order valence-corrected chi connectivity index (χ1v) is 4.33. The van der Waals surface area contributed by atoms with Crippen molar-refractivity contribution >= 4 is 6.29 Å². The SMILES string of the molecule is O=Cc1cccc2c1O[C@@H](CO)CO2. The molecular formula is C10H10O4. The molecule has 1 heterocycles. The van der Waals surface area contributed by atoms with Crippen LogP contribution in [0.15, 0.2) is 18.2 Å². The van der Waals surface area contributed by atoms with Gasteiger partial charge in [-0.05, 0) is 12.1 Å². The number of hydrogen-bond acceptors (Lipinski definition) is 4. The molecule has 1 aliphatic heterocycles. The molecule has 0 radical (unpaired) electrons. The lowest BCUT2D eigenvalue weighted by molar-refractivity contribution is 0.0448. The Morgan fingerprint density at radius 3 is 3.14 bits per heavy atom. The molecule has 0 unspecified atom stereocenters. The molecule has 0 fully saturated rings. The lowest BCUT2D eigenvalue weighted by Crippen LogP contribution is -2.32. The Morgan fingerprint density at radius 2 is 2.43 bits per heavy atom. The fourth-order valence-corrected chi connectivity index (χ4v) is 1.34. The summed E-state index contributed by atoms with van der Waals surface area (Å²) in [7, 11) is 0. The first-order chi connectivity index (χ1) is 6.85. The van der Waals surface area contributed by atoms with Crippen molar-refractivity contribution in [3.63, 3.8) is 0 Å². The minimum Gasteiger partial charge on any atom is -0.486 e.